The Morgan fingerprint density at radius 1 is 1.07 bits per heavy atom. The molecule has 2 aliphatic heterocycles. The Labute approximate surface area is 179 Å². The summed E-state index contributed by atoms with van der Waals surface area (Å²) in [5.41, 5.74) is 1.97. The second kappa shape index (κ2) is 8.27. The molecule has 0 saturated carbocycles. The van der Waals surface area contributed by atoms with Gasteiger partial charge in [0.2, 0.25) is 0 Å². The molecule has 0 atom stereocenters. The Hall–Kier alpha value is -3.20. The molecule has 5 rings (SSSR count). The minimum Gasteiger partial charge on any atom is -0.486 e. The lowest BCUT2D eigenvalue weighted by Gasteiger charge is -2.37. The van der Waals surface area contributed by atoms with Crippen LogP contribution >= 0.6 is 12.2 Å². The molecule has 0 bridgehead atoms. The summed E-state index contributed by atoms with van der Waals surface area (Å²) < 4.78 is 11.4. The van der Waals surface area contributed by atoms with Gasteiger partial charge in [-0.1, -0.05) is 6.07 Å². The van der Waals surface area contributed by atoms with Gasteiger partial charge in [0.05, 0.1) is 5.52 Å². The molecular formula is C21H22N6O2S. The SMILES string of the molecule is S=C(NCc1cccnc1)N1CCN(c2ncnc3cc4c(cc23)OCCO4)CC1. The standard InChI is InChI=1S/C21H22N6O2S/c30-21(23-13-15-2-1-3-22-12-15)27-6-4-26(5-7-27)20-16-10-18-19(29-9-8-28-18)11-17(16)24-14-25-20/h1-3,10-12,14H,4-9,13H2,(H,23,30). The predicted octanol–water partition coefficient (Wildman–Crippen LogP) is 1.99. The summed E-state index contributed by atoms with van der Waals surface area (Å²) in [4.78, 5) is 17.6. The molecule has 0 amide bonds. The van der Waals surface area contributed by atoms with Crippen LogP contribution in [0.4, 0.5) is 5.82 Å². The number of benzene rings is 1. The third-order valence-corrected chi connectivity index (χ3v) is 5.71. The number of pyridine rings is 1. The molecule has 0 radical (unpaired) electrons. The van der Waals surface area contributed by atoms with E-state index in [0.29, 0.717) is 19.8 Å². The molecule has 3 aromatic rings. The van der Waals surface area contributed by atoms with E-state index in [9.17, 15) is 0 Å². The number of piperazine rings is 1. The number of hydrogen-bond donors (Lipinski definition) is 1. The number of hydrogen-bond acceptors (Lipinski definition) is 7. The van der Waals surface area contributed by atoms with Gasteiger partial charge in [0.1, 0.15) is 25.4 Å². The third-order valence-electron chi connectivity index (χ3n) is 5.31. The van der Waals surface area contributed by atoms with Gasteiger partial charge in [-0.3, -0.25) is 4.98 Å². The average molecular weight is 423 g/mol. The second-order valence-corrected chi connectivity index (χ2v) is 7.59. The van der Waals surface area contributed by atoms with Gasteiger partial charge in [0.15, 0.2) is 16.6 Å². The van der Waals surface area contributed by atoms with E-state index in [4.69, 9.17) is 21.7 Å². The lowest BCUT2D eigenvalue weighted by atomic mass is 10.2. The zero-order valence-electron chi connectivity index (χ0n) is 16.5. The Morgan fingerprint density at radius 2 is 1.87 bits per heavy atom. The minimum absolute atomic E-state index is 0.559. The van der Waals surface area contributed by atoms with E-state index >= 15 is 0 Å². The molecule has 1 saturated heterocycles. The fourth-order valence-electron chi connectivity index (χ4n) is 3.74. The molecule has 4 heterocycles. The maximum absolute atomic E-state index is 5.75. The Kier molecular flexibility index (Phi) is 5.18. The van der Waals surface area contributed by atoms with Crippen LogP contribution in [-0.4, -0.2) is 64.4 Å². The van der Waals surface area contributed by atoms with Crippen LogP contribution < -0.4 is 19.7 Å². The first-order valence-electron chi connectivity index (χ1n) is 9.99. The fraction of sp³-hybridized carbons (Fsp3) is 0.333. The molecule has 0 spiro atoms. The van der Waals surface area contributed by atoms with E-state index in [-0.39, 0.29) is 0 Å². The van der Waals surface area contributed by atoms with Crippen molar-refractivity contribution in [2.75, 3.05) is 44.3 Å². The number of fused-ring (bicyclic) bond motifs is 2. The molecule has 30 heavy (non-hydrogen) atoms. The van der Waals surface area contributed by atoms with Gasteiger partial charge in [-0.25, -0.2) is 9.97 Å². The average Bonchev–Trinajstić information content (AvgIpc) is 2.81. The van der Waals surface area contributed by atoms with Crippen LogP contribution in [0.5, 0.6) is 11.5 Å². The topological polar surface area (TPSA) is 75.6 Å². The van der Waals surface area contributed by atoms with Gasteiger partial charge in [-0.05, 0) is 29.9 Å². The van der Waals surface area contributed by atoms with Crippen molar-refractivity contribution in [3.8, 4) is 11.5 Å². The molecule has 2 aromatic heterocycles. The van der Waals surface area contributed by atoms with Gasteiger partial charge in [0, 0.05) is 56.6 Å². The van der Waals surface area contributed by atoms with Crippen LogP contribution in [0, 0.1) is 0 Å². The summed E-state index contributed by atoms with van der Waals surface area (Å²) in [5.74, 6) is 2.42. The van der Waals surface area contributed by atoms with Crippen molar-refractivity contribution < 1.29 is 9.47 Å². The lowest BCUT2D eigenvalue weighted by Crippen LogP contribution is -2.51. The lowest BCUT2D eigenvalue weighted by molar-refractivity contribution is 0.172. The van der Waals surface area contributed by atoms with E-state index in [2.05, 4.69) is 30.1 Å². The van der Waals surface area contributed by atoms with E-state index < -0.39 is 0 Å². The van der Waals surface area contributed by atoms with Crippen molar-refractivity contribution in [3.63, 3.8) is 0 Å². The third kappa shape index (κ3) is 3.80. The Balaban J connectivity index is 1.26. The van der Waals surface area contributed by atoms with Gasteiger partial charge >= 0.3 is 0 Å². The highest BCUT2D eigenvalue weighted by Crippen LogP contribution is 2.36. The number of nitrogens with zero attached hydrogens (tertiary/aromatic N) is 5. The zero-order chi connectivity index (χ0) is 20.3. The fourth-order valence-corrected chi connectivity index (χ4v) is 4.00. The maximum atomic E-state index is 5.75. The van der Waals surface area contributed by atoms with Crippen LogP contribution in [0.25, 0.3) is 10.9 Å². The molecule has 1 fully saturated rings. The van der Waals surface area contributed by atoms with Crippen LogP contribution in [0.15, 0.2) is 43.0 Å². The molecule has 1 N–H and O–H groups in total. The molecule has 9 heteroatoms. The van der Waals surface area contributed by atoms with Gasteiger partial charge in [0.25, 0.3) is 0 Å². The number of anilines is 1. The number of nitrogens with one attached hydrogen (secondary N) is 1. The number of aromatic nitrogens is 3. The highest BCUT2D eigenvalue weighted by atomic mass is 32.1. The van der Waals surface area contributed by atoms with E-state index in [1.807, 2.05) is 30.5 Å². The summed E-state index contributed by atoms with van der Waals surface area (Å²) in [6.07, 6.45) is 5.23. The molecule has 8 nitrogen and oxygen atoms in total. The second-order valence-electron chi connectivity index (χ2n) is 7.20. The van der Waals surface area contributed by atoms with Crippen molar-refractivity contribution >= 4 is 34.1 Å². The summed E-state index contributed by atoms with van der Waals surface area (Å²) in [7, 11) is 0. The number of thiocarbonyl (C=S) groups is 1. The van der Waals surface area contributed by atoms with Crippen LogP contribution in [0.2, 0.25) is 0 Å². The predicted molar refractivity (Wildman–Crippen MR) is 118 cm³/mol. The zero-order valence-corrected chi connectivity index (χ0v) is 17.3. The maximum Gasteiger partial charge on any atom is 0.169 e. The highest BCUT2D eigenvalue weighted by Gasteiger charge is 2.23. The van der Waals surface area contributed by atoms with Crippen LogP contribution in [0.3, 0.4) is 0 Å². The van der Waals surface area contributed by atoms with Crippen molar-refractivity contribution in [2.24, 2.45) is 0 Å². The van der Waals surface area contributed by atoms with Crippen molar-refractivity contribution in [2.45, 2.75) is 6.54 Å². The first-order chi connectivity index (χ1) is 14.8. The Bertz CT molecular complexity index is 1060. The van der Waals surface area contributed by atoms with Crippen molar-refractivity contribution in [1.82, 2.24) is 25.2 Å². The molecule has 154 valence electrons. The Morgan fingerprint density at radius 3 is 2.63 bits per heavy atom. The number of ether oxygens (including phenoxy) is 2. The summed E-state index contributed by atoms with van der Waals surface area (Å²) in [6.45, 7) is 5.11. The number of rotatable bonds is 3. The van der Waals surface area contributed by atoms with Crippen LogP contribution in [-0.2, 0) is 6.54 Å². The largest absolute Gasteiger partial charge is 0.486 e. The monoisotopic (exact) mass is 422 g/mol. The summed E-state index contributed by atoms with van der Waals surface area (Å²) in [5, 5.41) is 5.08. The summed E-state index contributed by atoms with van der Waals surface area (Å²) >= 11 is 5.59. The molecule has 0 unspecified atom stereocenters. The smallest absolute Gasteiger partial charge is 0.169 e. The van der Waals surface area contributed by atoms with Gasteiger partial charge < -0.3 is 24.6 Å². The molecule has 2 aliphatic rings. The van der Waals surface area contributed by atoms with E-state index in [1.165, 1.54) is 0 Å². The highest BCUT2D eigenvalue weighted by molar-refractivity contribution is 7.80. The van der Waals surface area contributed by atoms with Gasteiger partial charge in [-0.2, -0.15) is 0 Å². The van der Waals surface area contributed by atoms with Gasteiger partial charge in [-0.15, -0.1) is 0 Å². The van der Waals surface area contributed by atoms with E-state index in [1.54, 1.807) is 12.5 Å². The first kappa shape index (κ1) is 18.8. The molecule has 1 aromatic carbocycles. The van der Waals surface area contributed by atoms with E-state index in [0.717, 1.165) is 65.1 Å². The summed E-state index contributed by atoms with van der Waals surface area (Å²) in [6, 6.07) is 7.89. The first-order valence-corrected chi connectivity index (χ1v) is 10.4. The quantitative estimate of drug-likeness (QED) is 0.638. The normalized spacial score (nSPS) is 15.9. The van der Waals surface area contributed by atoms with Crippen LogP contribution in [0.1, 0.15) is 5.56 Å². The molecular weight excluding hydrogens is 400 g/mol. The molecule has 0 aliphatic carbocycles. The minimum atomic E-state index is 0.559. The van der Waals surface area contributed by atoms with Crippen molar-refractivity contribution in [3.05, 3.63) is 48.5 Å². The van der Waals surface area contributed by atoms with Crippen molar-refractivity contribution in [1.29, 1.82) is 0 Å².